The third kappa shape index (κ3) is 6.12. The number of aldehydes is 1. The van der Waals surface area contributed by atoms with Crippen molar-refractivity contribution in [2.45, 2.75) is 96.8 Å². The van der Waals surface area contributed by atoms with Gasteiger partial charge in [-0.25, -0.2) is 0 Å². The van der Waals surface area contributed by atoms with E-state index in [9.17, 15) is 4.79 Å². The molecule has 1 nitrogen and oxygen atoms in total. The molecule has 2 saturated carbocycles. The number of carbonyl (C=O) groups excluding carboxylic acids is 1. The van der Waals surface area contributed by atoms with Crippen LogP contribution in [-0.2, 0) is 4.79 Å². The topological polar surface area (TPSA) is 17.1 Å². The highest BCUT2D eigenvalue weighted by Crippen LogP contribution is 2.38. The molecule has 0 aromatic carbocycles. The van der Waals surface area contributed by atoms with E-state index in [1.54, 1.807) is 0 Å². The van der Waals surface area contributed by atoms with Gasteiger partial charge in [-0.3, -0.25) is 0 Å². The van der Waals surface area contributed by atoms with Crippen LogP contribution >= 0.6 is 0 Å². The lowest BCUT2D eigenvalue weighted by Crippen LogP contribution is -2.18. The number of carbonyl (C=O) groups is 1. The van der Waals surface area contributed by atoms with Gasteiger partial charge >= 0.3 is 0 Å². The molecule has 0 bridgehead atoms. The SMILES string of the molecule is CCCCC1CCC(CCC2CCC(CC=O)CC2)CC1. The quantitative estimate of drug-likeness (QED) is 0.490. The highest BCUT2D eigenvalue weighted by Gasteiger charge is 2.24. The van der Waals surface area contributed by atoms with Crippen molar-refractivity contribution < 1.29 is 4.79 Å². The summed E-state index contributed by atoms with van der Waals surface area (Å²) in [4.78, 5) is 10.6. The Bertz CT molecular complexity index is 270. The summed E-state index contributed by atoms with van der Waals surface area (Å²) >= 11 is 0. The van der Waals surface area contributed by atoms with Crippen LogP contribution in [0.1, 0.15) is 96.8 Å². The zero-order valence-electron chi connectivity index (χ0n) is 14.2. The summed E-state index contributed by atoms with van der Waals surface area (Å²) in [5, 5.41) is 0. The Morgan fingerprint density at radius 2 is 1.14 bits per heavy atom. The third-order valence-electron chi connectivity index (χ3n) is 6.31. The van der Waals surface area contributed by atoms with Crippen LogP contribution < -0.4 is 0 Å². The summed E-state index contributed by atoms with van der Waals surface area (Å²) in [7, 11) is 0. The average molecular weight is 293 g/mol. The molecule has 0 atom stereocenters. The van der Waals surface area contributed by atoms with Gasteiger partial charge in [0.1, 0.15) is 6.29 Å². The molecule has 2 rings (SSSR count). The largest absolute Gasteiger partial charge is 0.303 e. The van der Waals surface area contributed by atoms with Crippen molar-refractivity contribution >= 4 is 6.29 Å². The Balaban J connectivity index is 1.55. The smallest absolute Gasteiger partial charge is 0.120 e. The molecule has 0 unspecified atom stereocenters. The van der Waals surface area contributed by atoms with Crippen molar-refractivity contribution in [2.24, 2.45) is 23.7 Å². The standard InChI is InChI=1S/C20H36O/c1-2-3-4-17-5-7-18(8-6-17)9-10-19-11-13-20(14-12-19)15-16-21/h16-20H,2-15H2,1H3. The molecule has 0 aliphatic heterocycles. The maximum absolute atomic E-state index is 10.6. The minimum Gasteiger partial charge on any atom is -0.303 e. The number of hydrogen-bond acceptors (Lipinski definition) is 1. The van der Waals surface area contributed by atoms with Gasteiger partial charge in [-0.15, -0.1) is 0 Å². The molecule has 21 heavy (non-hydrogen) atoms. The lowest BCUT2D eigenvalue weighted by Gasteiger charge is -2.31. The fourth-order valence-corrected chi connectivity index (χ4v) is 4.66. The van der Waals surface area contributed by atoms with Gasteiger partial charge in [0.05, 0.1) is 0 Å². The highest BCUT2D eigenvalue weighted by molar-refractivity contribution is 5.49. The predicted octanol–water partition coefficient (Wildman–Crippen LogP) is 6.16. The van der Waals surface area contributed by atoms with E-state index in [2.05, 4.69) is 6.92 Å². The molecule has 2 aliphatic carbocycles. The van der Waals surface area contributed by atoms with Gasteiger partial charge in [0.15, 0.2) is 0 Å². The minimum atomic E-state index is 0.716. The summed E-state index contributed by atoms with van der Waals surface area (Å²) in [6, 6.07) is 0. The second-order valence-corrected chi connectivity index (χ2v) is 7.90. The van der Waals surface area contributed by atoms with Crippen LogP contribution in [0.25, 0.3) is 0 Å². The van der Waals surface area contributed by atoms with E-state index in [1.807, 2.05) is 0 Å². The molecule has 0 heterocycles. The van der Waals surface area contributed by atoms with Crippen LogP contribution in [0.5, 0.6) is 0 Å². The summed E-state index contributed by atoms with van der Waals surface area (Å²) in [5.74, 6) is 3.79. The van der Waals surface area contributed by atoms with Gasteiger partial charge in [-0.05, 0) is 36.5 Å². The molecule has 0 amide bonds. The fourth-order valence-electron chi connectivity index (χ4n) is 4.66. The maximum atomic E-state index is 10.6. The van der Waals surface area contributed by atoms with E-state index in [0.29, 0.717) is 5.92 Å². The molecule has 0 saturated heterocycles. The molecular weight excluding hydrogens is 256 g/mol. The van der Waals surface area contributed by atoms with E-state index < -0.39 is 0 Å². The van der Waals surface area contributed by atoms with Crippen LogP contribution in [0.2, 0.25) is 0 Å². The van der Waals surface area contributed by atoms with Crippen molar-refractivity contribution in [2.75, 3.05) is 0 Å². The van der Waals surface area contributed by atoms with Gasteiger partial charge in [0, 0.05) is 6.42 Å². The van der Waals surface area contributed by atoms with Gasteiger partial charge < -0.3 is 4.79 Å². The van der Waals surface area contributed by atoms with E-state index in [-0.39, 0.29) is 0 Å². The monoisotopic (exact) mass is 292 g/mol. The van der Waals surface area contributed by atoms with Gasteiger partial charge in [0.2, 0.25) is 0 Å². The maximum Gasteiger partial charge on any atom is 0.120 e. The molecule has 2 aliphatic rings. The van der Waals surface area contributed by atoms with E-state index >= 15 is 0 Å². The summed E-state index contributed by atoms with van der Waals surface area (Å²) < 4.78 is 0. The molecular formula is C20H36O. The van der Waals surface area contributed by atoms with Crippen molar-refractivity contribution in [3.8, 4) is 0 Å². The van der Waals surface area contributed by atoms with Crippen LogP contribution in [0.15, 0.2) is 0 Å². The first-order chi connectivity index (χ1) is 10.3. The first kappa shape index (κ1) is 17.0. The first-order valence-electron chi connectivity index (χ1n) is 9.75. The first-order valence-corrected chi connectivity index (χ1v) is 9.75. The normalized spacial score (nSPS) is 33.8. The van der Waals surface area contributed by atoms with E-state index in [4.69, 9.17) is 0 Å². The van der Waals surface area contributed by atoms with E-state index in [0.717, 1.165) is 30.5 Å². The molecule has 0 aromatic heterocycles. The molecule has 0 aromatic rings. The Kier molecular flexibility index (Phi) is 7.82. The third-order valence-corrected chi connectivity index (χ3v) is 6.31. The minimum absolute atomic E-state index is 0.716. The van der Waals surface area contributed by atoms with Gasteiger partial charge in [-0.1, -0.05) is 77.6 Å². The van der Waals surface area contributed by atoms with Crippen molar-refractivity contribution in [1.29, 1.82) is 0 Å². The van der Waals surface area contributed by atoms with Gasteiger partial charge in [-0.2, -0.15) is 0 Å². The Morgan fingerprint density at radius 1 is 0.714 bits per heavy atom. The molecule has 0 spiro atoms. The highest BCUT2D eigenvalue weighted by atomic mass is 16.1. The molecule has 0 N–H and O–H groups in total. The lowest BCUT2D eigenvalue weighted by molar-refractivity contribution is -0.108. The second-order valence-electron chi connectivity index (χ2n) is 7.90. The van der Waals surface area contributed by atoms with Crippen LogP contribution in [0, 0.1) is 23.7 Å². The summed E-state index contributed by atoms with van der Waals surface area (Å²) in [6.45, 7) is 2.31. The Labute approximate surface area is 132 Å². The van der Waals surface area contributed by atoms with Gasteiger partial charge in [0.25, 0.3) is 0 Å². The summed E-state index contributed by atoms with van der Waals surface area (Å²) in [5.41, 5.74) is 0. The predicted molar refractivity (Wildman–Crippen MR) is 90.3 cm³/mol. The average Bonchev–Trinajstić information content (AvgIpc) is 2.53. The van der Waals surface area contributed by atoms with Crippen LogP contribution in [0.3, 0.4) is 0 Å². The molecule has 2 fully saturated rings. The van der Waals surface area contributed by atoms with Crippen molar-refractivity contribution in [3.63, 3.8) is 0 Å². The second kappa shape index (κ2) is 9.64. The van der Waals surface area contributed by atoms with Crippen molar-refractivity contribution in [3.05, 3.63) is 0 Å². The number of hydrogen-bond donors (Lipinski definition) is 0. The van der Waals surface area contributed by atoms with Crippen LogP contribution in [0.4, 0.5) is 0 Å². The summed E-state index contributed by atoms with van der Waals surface area (Å²) in [6.07, 6.45) is 20.7. The van der Waals surface area contributed by atoms with Crippen LogP contribution in [-0.4, -0.2) is 6.29 Å². The number of rotatable bonds is 8. The zero-order valence-corrected chi connectivity index (χ0v) is 14.2. The fraction of sp³-hybridized carbons (Fsp3) is 0.950. The zero-order chi connectivity index (χ0) is 14.9. The molecule has 122 valence electrons. The molecule has 0 radical (unpaired) electrons. The lowest BCUT2D eigenvalue weighted by atomic mass is 9.74. The Morgan fingerprint density at radius 3 is 1.57 bits per heavy atom. The Hall–Kier alpha value is -0.330. The van der Waals surface area contributed by atoms with E-state index in [1.165, 1.54) is 83.5 Å². The van der Waals surface area contributed by atoms with Crippen molar-refractivity contribution in [1.82, 2.24) is 0 Å². The molecule has 1 heteroatoms. The number of unbranched alkanes of at least 4 members (excludes halogenated alkanes) is 1.